The van der Waals surface area contributed by atoms with E-state index >= 15 is 0 Å². The monoisotopic (exact) mass is 365 g/mol. The summed E-state index contributed by atoms with van der Waals surface area (Å²) in [6, 6.07) is 7.60. The number of nitrogens with zero attached hydrogens (tertiary/aromatic N) is 4. The van der Waals surface area contributed by atoms with E-state index in [-0.39, 0.29) is 18.5 Å². The zero-order chi connectivity index (χ0) is 17.9. The topological polar surface area (TPSA) is 97.2 Å². The van der Waals surface area contributed by atoms with Crippen LogP contribution in [-0.2, 0) is 21.4 Å². The first kappa shape index (κ1) is 17.8. The maximum Gasteiger partial charge on any atom is 0.244 e. The molecule has 0 spiro atoms. The smallest absolute Gasteiger partial charge is 0.244 e. The van der Waals surface area contributed by atoms with Gasteiger partial charge in [0.25, 0.3) is 0 Å². The third-order valence-corrected chi connectivity index (χ3v) is 5.22. The molecule has 25 heavy (non-hydrogen) atoms. The van der Waals surface area contributed by atoms with Gasteiger partial charge in [-0.05, 0) is 37.8 Å². The van der Waals surface area contributed by atoms with Crippen LogP contribution in [-0.4, -0.2) is 59.6 Å². The van der Waals surface area contributed by atoms with Gasteiger partial charge in [-0.1, -0.05) is 17.3 Å². The zero-order valence-electron chi connectivity index (χ0n) is 14.3. The highest BCUT2D eigenvalue weighted by atomic mass is 32.2. The lowest BCUT2D eigenvalue weighted by molar-refractivity contribution is -0.135. The Hall–Kier alpha value is -2.00. The van der Waals surface area contributed by atoms with Crippen LogP contribution in [0, 0.1) is 0 Å². The first-order valence-corrected chi connectivity index (χ1v) is 10.4. The van der Waals surface area contributed by atoms with Gasteiger partial charge < -0.3 is 4.90 Å². The van der Waals surface area contributed by atoms with Gasteiger partial charge >= 0.3 is 0 Å². The number of carbonyl (C=O) groups excluding carboxylic acids is 1. The molecule has 2 heterocycles. The van der Waals surface area contributed by atoms with E-state index in [1.165, 1.54) is 0 Å². The molecule has 1 amide bonds. The highest BCUT2D eigenvalue weighted by Gasteiger charge is 2.27. The second-order valence-electron chi connectivity index (χ2n) is 6.43. The van der Waals surface area contributed by atoms with E-state index in [0.29, 0.717) is 19.5 Å². The van der Waals surface area contributed by atoms with Crippen molar-refractivity contribution in [2.24, 2.45) is 0 Å². The Morgan fingerprint density at radius 1 is 1.32 bits per heavy atom. The summed E-state index contributed by atoms with van der Waals surface area (Å²) in [6.07, 6.45) is 4.69. The molecule has 1 N–H and O–H groups in total. The number of fused-ring (bicyclic) bond motifs is 1. The average Bonchev–Trinajstić information content (AvgIpc) is 2.97. The normalized spacial score (nSPS) is 18.6. The minimum atomic E-state index is -3.20. The largest absolute Gasteiger partial charge is 0.338 e. The van der Waals surface area contributed by atoms with Crippen molar-refractivity contribution in [1.29, 1.82) is 0 Å². The number of rotatable bonds is 6. The third kappa shape index (κ3) is 4.55. The zero-order valence-corrected chi connectivity index (χ0v) is 15.1. The predicted molar refractivity (Wildman–Crippen MR) is 94.3 cm³/mol. The van der Waals surface area contributed by atoms with Crippen LogP contribution in [0.15, 0.2) is 24.3 Å². The Labute approximate surface area is 147 Å². The van der Waals surface area contributed by atoms with Gasteiger partial charge in [0.05, 0.1) is 11.8 Å². The molecule has 1 unspecified atom stereocenters. The maximum atomic E-state index is 12.8. The van der Waals surface area contributed by atoms with Gasteiger partial charge in [0.15, 0.2) is 0 Å². The first-order valence-electron chi connectivity index (χ1n) is 8.46. The Kier molecular flexibility index (Phi) is 5.33. The van der Waals surface area contributed by atoms with E-state index < -0.39 is 10.0 Å². The van der Waals surface area contributed by atoms with Crippen LogP contribution in [0.4, 0.5) is 0 Å². The molecule has 0 bridgehead atoms. The Bertz CT molecular complexity index is 848. The van der Waals surface area contributed by atoms with Gasteiger partial charge in [-0.2, -0.15) is 0 Å². The summed E-state index contributed by atoms with van der Waals surface area (Å²) in [5, 5.41) is 8.16. The van der Waals surface area contributed by atoms with Gasteiger partial charge in [0, 0.05) is 19.1 Å². The van der Waals surface area contributed by atoms with Gasteiger partial charge in [0.2, 0.25) is 15.9 Å². The van der Waals surface area contributed by atoms with E-state index in [1.807, 2.05) is 29.2 Å². The summed E-state index contributed by atoms with van der Waals surface area (Å²) < 4.78 is 26.6. The van der Waals surface area contributed by atoms with E-state index in [0.717, 1.165) is 36.6 Å². The molecule has 0 aliphatic carbocycles. The molecular formula is C16H23N5O3S. The fourth-order valence-electron chi connectivity index (χ4n) is 3.29. The Morgan fingerprint density at radius 3 is 2.92 bits per heavy atom. The first-order chi connectivity index (χ1) is 11.9. The number of sulfonamides is 1. The number of nitrogens with one attached hydrogen (secondary N) is 1. The molecule has 1 aromatic heterocycles. The molecular weight excluding hydrogens is 342 g/mol. The van der Waals surface area contributed by atoms with Gasteiger partial charge in [-0.15, -0.1) is 5.10 Å². The molecule has 136 valence electrons. The van der Waals surface area contributed by atoms with Crippen LogP contribution in [0.5, 0.6) is 0 Å². The predicted octanol–water partition coefficient (Wildman–Crippen LogP) is 0.752. The number of likely N-dealkylation sites (tertiary alicyclic amines) is 1. The number of carbonyl (C=O) groups is 1. The van der Waals surface area contributed by atoms with E-state index in [2.05, 4.69) is 15.0 Å². The van der Waals surface area contributed by atoms with Crippen molar-refractivity contribution in [2.75, 3.05) is 19.3 Å². The van der Waals surface area contributed by atoms with Crippen LogP contribution in [0.1, 0.15) is 25.7 Å². The lowest BCUT2D eigenvalue weighted by atomic mass is 9.99. The number of benzene rings is 1. The fourth-order valence-corrected chi connectivity index (χ4v) is 3.78. The van der Waals surface area contributed by atoms with Crippen molar-refractivity contribution >= 4 is 27.0 Å². The summed E-state index contributed by atoms with van der Waals surface area (Å²) in [7, 11) is -3.20. The summed E-state index contributed by atoms with van der Waals surface area (Å²) >= 11 is 0. The summed E-state index contributed by atoms with van der Waals surface area (Å²) in [6.45, 7) is 1.20. The number of aromatic nitrogens is 3. The maximum absolute atomic E-state index is 12.8. The minimum Gasteiger partial charge on any atom is -0.338 e. The molecule has 1 saturated heterocycles. The lowest BCUT2D eigenvalue weighted by Gasteiger charge is -2.36. The van der Waals surface area contributed by atoms with Crippen LogP contribution >= 0.6 is 0 Å². The van der Waals surface area contributed by atoms with E-state index in [9.17, 15) is 13.2 Å². The van der Waals surface area contributed by atoms with Crippen molar-refractivity contribution in [3.63, 3.8) is 0 Å². The summed E-state index contributed by atoms with van der Waals surface area (Å²) in [5.41, 5.74) is 1.60. The summed E-state index contributed by atoms with van der Waals surface area (Å²) in [4.78, 5) is 14.6. The molecule has 9 heteroatoms. The van der Waals surface area contributed by atoms with Crippen LogP contribution < -0.4 is 4.72 Å². The third-order valence-electron chi connectivity index (χ3n) is 4.49. The molecule has 1 aromatic carbocycles. The number of amides is 1. The molecule has 1 aliphatic rings. The van der Waals surface area contributed by atoms with Crippen molar-refractivity contribution in [2.45, 2.75) is 38.3 Å². The SMILES string of the molecule is CS(=O)(=O)NCCC1CCCCN1C(=O)Cn1nnc2ccccc21. The molecule has 3 rings (SSSR count). The number of hydrogen-bond acceptors (Lipinski definition) is 5. The average molecular weight is 365 g/mol. The van der Waals surface area contributed by atoms with E-state index in [1.54, 1.807) is 4.68 Å². The molecule has 1 aliphatic heterocycles. The Morgan fingerprint density at radius 2 is 2.12 bits per heavy atom. The standard InChI is InChI=1S/C16H23N5O3S/c1-25(23,24)17-10-9-13-6-4-5-11-20(13)16(22)12-21-15-8-3-2-7-14(15)18-19-21/h2-3,7-8,13,17H,4-6,9-12H2,1H3. The quantitative estimate of drug-likeness (QED) is 0.815. The fraction of sp³-hybridized carbons (Fsp3) is 0.562. The second-order valence-corrected chi connectivity index (χ2v) is 8.26. The van der Waals surface area contributed by atoms with Gasteiger partial charge in [0.1, 0.15) is 12.1 Å². The van der Waals surface area contributed by atoms with Crippen molar-refractivity contribution in [3.05, 3.63) is 24.3 Å². The van der Waals surface area contributed by atoms with Crippen molar-refractivity contribution in [3.8, 4) is 0 Å². The van der Waals surface area contributed by atoms with Gasteiger partial charge in [-0.25, -0.2) is 17.8 Å². The lowest BCUT2D eigenvalue weighted by Crippen LogP contribution is -2.46. The number of hydrogen-bond donors (Lipinski definition) is 1. The highest BCUT2D eigenvalue weighted by molar-refractivity contribution is 7.88. The number of piperidine rings is 1. The van der Waals surface area contributed by atoms with Gasteiger partial charge in [-0.3, -0.25) is 4.79 Å². The van der Waals surface area contributed by atoms with Crippen LogP contribution in [0.3, 0.4) is 0 Å². The van der Waals surface area contributed by atoms with Crippen LogP contribution in [0.25, 0.3) is 11.0 Å². The second kappa shape index (κ2) is 7.49. The molecule has 0 saturated carbocycles. The molecule has 1 atom stereocenters. The van der Waals surface area contributed by atoms with Crippen molar-refractivity contribution < 1.29 is 13.2 Å². The minimum absolute atomic E-state index is 0.000270. The molecule has 8 nitrogen and oxygen atoms in total. The highest BCUT2D eigenvalue weighted by Crippen LogP contribution is 2.20. The summed E-state index contributed by atoms with van der Waals surface area (Å²) in [5.74, 6) is -0.000270. The Balaban J connectivity index is 1.66. The van der Waals surface area contributed by atoms with Crippen molar-refractivity contribution in [1.82, 2.24) is 24.6 Å². The molecule has 1 fully saturated rings. The van der Waals surface area contributed by atoms with E-state index in [4.69, 9.17) is 0 Å². The molecule has 0 radical (unpaired) electrons. The number of para-hydroxylation sites is 1. The van der Waals surface area contributed by atoms with Crippen LogP contribution in [0.2, 0.25) is 0 Å². The molecule has 2 aromatic rings.